The van der Waals surface area contributed by atoms with Crippen LogP contribution in [-0.2, 0) is 9.59 Å². The van der Waals surface area contributed by atoms with Gasteiger partial charge in [-0.3, -0.25) is 9.59 Å². The molecule has 2 aromatic rings. The first kappa shape index (κ1) is 20.5. The van der Waals surface area contributed by atoms with Crippen LogP contribution in [0.3, 0.4) is 0 Å². The van der Waals surface area contributed by atoms with Crippen LogP contribution in [0.2, 0.25) is 0 Å². The van der Waals surface area contributed by atoms with Crippen LogP contribution in [0.4, 0.5) is 0 Å². The topological polar surface area (TPSA) is 79.3 Å². The lowest BCUT2D eigenvalue weighted by Crippen LogP contribution is -2.51. The molecule has 0 aliphatic carbocycles. The quantitative estimate of drug-likeness (QED) is 0.774. The van der Waals surface area contributed by atoms with Gasteiger partial charge in [0.1, 0.15) is 17.2 Å². The number of nitrogens with zero attached hydrogens (tertiary/aromatic N) is 2. The van der Waals surface area contributed by atoms with E-state index in [1.807, 2.05) is 31.2 Å². The van der Waals surface area contributed by atoms with Gasteiger partial charge in [0.2, 0.25) is 5.91 Å². The summed E-state index contributed by atoms with van der Waals surface area (Å²) in [6.07, 6.45) is 0.308. The molecular weight excluding hydrogens is 372 g/mol. The molecule has 2 aromatic carbocycles. The van der Waals surface area contributed by atoms with Crippen LogP contribution in [0.5, 0.6) is 17.2 Å². The number of aromatic hydroxyl groups is 1. The standard InChI is InChI=1S/C22H26N2O5/c1-17-4-2-6-19(14-17)28-13-8-21(26)23-9-11-24(12-10-23)22(27)16-29-20-7-3-5-18(25)15-20/h2-7,14-15,25H,8-13,16H2,1H3. The van der Waals surface area contributed by atoms with E-state index in [-0.39, 0.29) is 24.2 Å². The molecule has 7 heteroatoms. The second-order valence-electron chi connectivity index (χ2n) is 6.96. The van der Waals surface area contributed by atoms with E-state index in [9.17, 15) is 14.7 Å². The van der Waals surface area contributed by atoms with E-state index in [0.29, 0.717) is 45.0 Å². The number of phenolic OH excluding ortho intramolecular Hbond substituents is 1. The van der Waals surface area contributed by atoms with Crippen molar-refractivity contribution >= 4 is 11.8 Å². The Bertz CT molecular complexity index is 847. The monoisotopic (exact) mass is 398 g/mol. The van der Waals surface area contributed by atoms with Crippen molar-refractivity contribution in [3.05, 3.63) is 54.1 Å². The highest BCUT2D eigenvalue weighted by Crippen LogP contribution is 2.18. The number of hydrogen-bond donors (Lipinski definition) is 1. The predicted octanol–water partition coefficient (Wildman–Crippen LogP) is 2.22. The van der Waals surface area contributed by atoms with Gasteiger partial charge in [-0.2, -0.15) is 0 Å². The molecule has 7 nitrogen and oxygen atoms in total. The fourth-order valence-corrected chi connectivity index (χ4v) is 3.13. The summed E-state index contributed by atoms with van der Waals surface area (Å²) in [5, 5.41) is 9.42. The van der Waals surface area contributed by atoms with Gasteiger partial charge < -0.3 is 24.4 Å². The Morgan fingerprint density at radius 2 is 1.52 bits per heavy atom. The lowest BCUT2D eigenvalue weighted by atomic mass is 10.2. The van der Waals surface area contributed by atoms with Crippen molar-refractivity contribution in [1.82, 2.24) is 9.80 Å². The molecule has 0 saturated carbocycles. The molecule has 0 spiro atoms. The number of phenols is 1. The van der Waals surface area contributed by atoms with Gasteiger partial charge in [-0.1, -0.05) is 18.2 Å². The summed E-state index contributed by atoms with van der Waals surface area (Å²) in [6.45, 7) is 4.19. The molecular formula is C22H26N2O5. The van der Waals surface area contributed by atoms with Crippen LogP contribution in [0.25, 0.3) is 0 Å². The lowest BCUT2D eigenvalue weighted by molar-refractivity contribution is -0.141. The molecule has 154 valence electrons. The highest BCUT2D eigenvalue weighted by atomic mass is 16.5. The Kier molecular flexibility index (Phi) is 6.94. The van der Waals surface area contributed by atoms with Crippen LogP contribution >= 0.6 is 0 Å². The van der Waals surface area contributed by atoms with Crippen molar-refractivity contribution < 1.29 is 24.2 Å². The number of aryl methyl sites for hydroxylation is 1. The van der Waals surface area contributed by atoms with Gasteiger partial charge in [-0.15, -0.1) is 0 Å². The normalized spacial score (nSPS) is 13.8. The van der Waals surface area contributed by atoms with E-state index < -0.39 is 0 Å². The second kappa shape index (κ2) is 9.82. The van der Waals surface area contributed by atoms with Gasteiger partial charge >= 0.3 is 0 Å². The zero-order valence-corrected chi connectivity index (χ0v) is 16.5. The molecule has 1 heterocycles. The van der Waals surface area contributed by atoms with Gasteiger partial charge in [-0.25, -0.2) is 0 Å². The van der Waals surface area contributed by atoms with Crippen molar-refractivity contribution in [3.63, 3.8) is 0 Å². The number of ether oxygens (including phenoxy) is 2. The molecule has 0 atom stereocenters. The van der Waals surface area contributed by atoms with E-state index in [1.54, 1.807) is 21.9 Å². The summed E-state index contributed by atoms with van der Waals surface area (Å²) >= 11 is 0. The molecule has 0 bridgehead atoms. The highest BCUT2D eigenvalue weighted by Gasteiger charge is 2.24. The molecule has 2 amide bonds. The third-order valence-corrected chi connectivity index (χ3v) is 4.74. The first-order valence-electron chi connectivity index (χ1n) is 9.68. The Labute approximate surface area is 170 Å². The van der Waals surface area contributed by atoms with E-state index in [2.05, 4.69) is 0 Å². The van der Waals surface area contributed by atoms with Gasteiger partial charge in [0, 0.05) is 32.2 Å². The first-order valence-corrected chi connectivity index (χ1v) is 9.68. The Morgan fingerprint density at radius 3 is 2.17 bits per heavy atom. The van der Waals surface area contributed by atoms with Crippen molar-refractivity contribution in [3.8, 4) is 17.2 Å². The van der Waals surface area contributed by atoms with E-state index in [0.717, 1.165) is 11.3 Å². The summed E-state index contributed by atoms with van der Waals surface area (Å²) in [6, 6.07) is 14.1. The molecule has 1 fully saturated rings. The molecule has 0 radical (unpaired) electrons. The van der Waals surface area contributed by atoms with Crippen molar-refractivity contribution in [1.29, 1.82) is 0 Å². The van der Waals surface area contributed by atoms with Crippen LogP contribution < -0.4 is 9.47 Å². The summed E-state index contributed by atoms with van der Waals surface area (Å²) in [5.41, 5.74) is 1.11. The molecule has 1 saturated heterocycles. The molecule has 3 rings (SSSR count). The molecule has 0 unspecified atom stereocenters. The third-order valence-electron chi connectivity index (χ3n) is 4.74. The van der Waals surface area contributed by atoms with Crippen molar-refractivity contribution in [2.75, 3.05) is 39.4 Å². The number of carbonyl (C=O) groups excluding carboxylic acids is 2. The van der Waals surface area contributed by atoms with E-state index >= 15 is 0 Å². The average molecular weight is 398 g/mol. The van der Waals surface area contributed by atoms with E-state index in [1.165, 1.54) is 12.1 Å². The summed E-state index contributed by atoms with van der Waals surface area (Å²) in [5.74, 6) is 1.19. The smallest absolute Gasteiger partial charge is 0.260 e. The number of amides is 2. The van der Waals surface area contributed by atoms with Crippen LogP contribution in [0.15, 0.2) is 48.5 Å². The zero-order valence-electron chi connectivity index (χ0n) is 16.5. The van der Waals surface area contributed by atoms with Gasteiger partial charge in [0.05, 0.1) is 13.0 Å². The fraction of sp³-hybridized carbons (Fsp3) is 0.364. The minimum atomic E-state index is -0.136. The summed E-state index contributed by atoms with van der Waals surface area (Å²) in [4.78, 5) is 28.1. The molecule has 29 heavy (non-hydrogen) atoms. The fourth-order valence-electron chi connectivity index (χ4n) is 3.13. The highest BCUT2D eigenvalue weighted by molar-refractivity contribution is 5.79. The summed E-state index contributed by atoms with van der Waals surface area (Å²) in [7, 11) is 0. The Hall–Kier alpha value is -3.22. The number of hydrogen-bond acceptors (Lipinski definition) is 5. The number of rotatable bonds is 7. The second-order valence-corrected chi connectivity index (χ2v) is 6.96. The largest absolute Gasteiger partial charge is 0.508 e. The lowest BCUT2D eigenvalue weighted by Gasteiger charge is -2.34. The minimum Gasteiger partial charge on any atom is -0.508 e. The van der Waals surface area contributed by atoms with Crippen molar-refractivity contribution in [2.24, 2.45) is 0 Å². The maximum atomic E-state index is 12.4. The average Bonchev–Trinajstić information content (AvgIpc) is 2.72. The molecule has 1 aliphatic heterocycles. The molecule has 1 aliphatic rings. The van der Waals surface area contributed by atoms with Gasteiger partial charge in [0.15, 0.2) is 6.61 Å². The maximum absolute atomic E-state index is 12.4. The van der Waals surface area contributed by atoms with Crippen LogP contribution in [0.1, 0.15) is 12.0 Å². The third kappa shape index (κ3) is 6.14. The van der Waals surface area contributed by atoms with E-state index in [4.69, 9.17) is 9.47 Å². The molecule has 0 aromatic heterocycles. The maximum Gasteiger partial charge on any atom is 0.260 e. The summed E-state index contributed by atoms with van der Waals surface area (Å²) < 4.78 is 11.1. The Balaban J connectivity index is 1.36. The van der Waals surface area contributed by atoms with Crippen LogP contribution in [-0.4, -0.2) is 66.1 Å². The number of benzene rings is 2. The van der Waals surface area contributed by atoms with Crippen LogP contribution in [0, 0.1) is 6.92 Å². The minimum absolute atomic E-state index is 0.0285. The first-order chi connectivity index (χ1) is 14.0. The zero-order chi connectivity index (χ0) is 20.6. The predicted molar refractivity (Wildman–Crippen MR) is 108 cm³/mol. The van der Waals surface area contributed by atoms with Gasteiger partial charge in [0.25, 0.3) is 5.91 Å². The van der Waals surface area contributed by atoms with Crippen molar-refractivity contribution in [2.45, 2.75) is 13.3 Å². The molecule has 1 N–H and O–H groups in total. The van der Waals surface area contributed by atoms with Gasteiger partial charge in [-0.05, 0) is 36.8 Å². The SMILES string of the molecule is Cc1cccc(OCCC(=O)N2CCN(C(=O)COc3cccc(O)c3)CC2)c1. The number of piperazine rings is 1. The Morgan fingerprint density at radius 1 is 0.897 bits per heavy atom. The number of carbonyl (C=O) groups is 2.